The minimum Gasteiger partial charge on any atom is -0.496 e. The van der Waals surface area contributed by atoms with Gasteiger partial charge in [-0.2, -0.15) is 9.97 Å². The lowest BCUT2D eigenvalue weighted by molar-refractivity contribution is 0.372. The van der Waals surface area contributed by atoms with Crippen molar-refractivity contribution in [2.45, 2.75) is 6.54 Å². The van der Waals surface area contributed by atoms with Gasteiger partial charge >= 0.3 is 0 Å². The zero-order valence-electron chi connectivity index (χ0n) is 12.0. The standard InChI is InChI=1S/C14H16ClN3O3/c1-19-11-6-4-5-10(15)9(11)8-16-14-17-12(20-2)7-13(18-14)21-3/h4-7H,8H2,1-3H3,(H,16,17,18). The van der Waals surface area contributed by atoms with Crippen LogP contribution < -0.4 is 19.5 Å². The number of hydrogen-bond acceptors (Lipinski definition) is 6. The van der Waals surface area contributed by atoms with E-state index in [9.17, 15) is 0 Å². The highest BCUT2D eigenvalue weighted by Crippen LogP contribution is 2.27. The van der Waals surface area contributed by atoms with E-state index in [-0.39, 0.29) is 0 Å². The summed E-state index contributed by atoms with van der Waals surface area (Å²) in [4.78, 5) is 8.38. The predicted octanol–water partition coefficient (Wildman–Crippen LogP) is 2.77. The first-order valence-corrected chi connectivity index (χ1v) is 6.58. The largest absolute Gasteiger partial charge is 0.496 e. The molecule has 0 spiro atoms. The first-order chi connectivity index (χ1) is 10.2. The highest BCUT2D eigenvalue weighted by atomic mass is 35.5. The van der Waals surface area contributed by atoms with E-state index in [0.29, 0.717) is 35.0 Å². The molecule has 0 saturated carbocycles. The van der Waals surface area contributed by atoms with E-state index < -0.39 is 0 Å². The maximum atomic E-state index is 6.18. The molecule has 0 fully saturated rings. The minimum atomic E-state index is 0.383. The second kappa shape index (κ2) is 6.99. The number of benzene rings is 1. The van der Waals surface area contributed by atoms with Crippen LogP contribution in [0.2, 0.25) is 5.02 Å². The molecule has 112 valence electrons. The fraction of sp³-hybridized carbons (Fsp3) is 0.286. The van der Waals surface area contributed by atoms with Crippen molar-refractivity contribution in [3.05, 3.63) is 34.9 Å². The highest BCUT2D eigenvalue weighted by Gasteiger charge is 2.10. The van der Waals surface area contributed by atoms with Gasteiger partial charge in [-0.05, 0) is 12.1 Å². The lowest BCUT2D eigenvalue weighted by Crippen LogP contribution is -2.07. The summed E-state index contributed by atoms with van der Waals surface area (Å²) >= 11 is 6.18. The molecule has 1 aromatic carbocycles. The van der Waals surface area contributed by atoms with Gasteiger partial charge in [-0.3, -0.25) is 0 Å². The molecule has 0 radical (unpaired) electrons. The summed E-state index contributed by atoms with van der Waals surface area (Å²) in [6.07, 6.45) is 0. The second-order valence-electron chi connectivity index (χ2n) is 4.05. The lowest BCUT2D eigenvalue weighted by atomic mass is 10.2. The average molecular weight is 310 g/mol. The highest BCUT2D eigenvalue weighted by molar-refractivity contribution is 6.31. The number of ether oxygens (including phenoxy) is 3. The van der Waals surface area contributed by atoms with Crippen LogP contribution in [-0.2, 0) is 6.54 Å². The van der Waals surface area contributed by atoms with Crippen LogP contribution in [0, 0.1) is 0 Å². The first kappa shape index (κ1) is 15.2. The lowest BCUT2D eigenvalue weighted by Gasteiger charge is -2.12. The number of aromatic nitrogens is 2. The number of anilines is 1. The zero-order chi connectivity index (χ0) is 15.2. The van der Waals surface area contributed by atoms with Crippen LogP contribution in [0.25, 0.3) is 0 Å². The number of halogens is 1. The second-order valence-corrected chi connectivity index (χ2v) is 4.46. The van der Waals surface area contributed by atoms with E-state index in [4.69, 9.17) is 25.8 Å². The molecule has 0 atom stereocenters. The summed E-state index contributed by atoms with van der Waals surface area (Å²) in [5, 5.41) is 3.69. The van der Waals surface area contributed by atoms with Crippen molar-refractivity contribution >= 4 is 17.5 Å². The molecule has 0 amide bonds. The van der Waals surface area contributed by atoms with Crippen molar-refractivity contribution in [1.29, 1.82) is 0 Å². The summed E-state index contributed by atoms with van der Waals surface area (Å²) in [6, 6.07) is 7.07. The molecule has 21 heavy (non-hydrogen) atoms. The van der Waals surface area contributed by atoms with E-state index >= 15 is 0 Å². The Balaban J connectivity index is 2.20. The summed E-state index contributed by atoms with van der Waals surface area (Å²) in [7, 11) is 4.66. The van der Waals surface area contributed by atoms with Gasteiger partial charge < -0.3 is 19.5 Å². The molecular formula is C14H16ClN3O3. The number of rotatable bonds is 6. The minimum absolute atomic E-state index is 0.383. The normalized spacial score (nSPS) is 10.1. The Morgan fingerprint density at radius 1 is 1.05 bits per heavy atom. The third-order valence-corrected chi connectivity index (χ3v) is 3.17. The monoisotopic (exact) mass is 309 g/mol. The van der Waals surface area contributed by atoms with Gasteiger partial charge in [0.05, 0.1) is 27.4 Å². The van der Waals surface area contributed by atoms with Crippen molar-refractivity contribution in [1.82, 2.24) is 9.97 Å². The zero-order valence-corrected chi connectivity index (χ0v) is 12.8. The maximum absolute atomic E-state index is 6.18. The van der Waals surface area contributed by atoms with Gasteiger partial charge in [0, 0.05) is 17.1 Å². The summed E-state index contributed by atoms with van der Waals surface area (Å²) in [5.74, 6) is 1.91. The number of methoxy groups -OCH3 is 3. The SMILES string of the molecule is COc1cc(OC)nc(NCc2c(Cl)cccc2OC)n1. The summed E-state index contributed by atoms with van der Waals surface area (Å²) in [6.45, 7) is 0.416. The van der Waals surface area contributed by atoms with Gasteiger partial charge in [-0.15, -0.1) is 0 Å². The van der Waals surface area contributed by atoms with Crippen LogP contribution in [0.5, 0.6) is 17.5 Å². The van der Waals surface area contributed by atoms with E-state index in [1.54, 1.807) is 19.2 Å². The fourth-order valence-corrected chi connectivity index (χ4v) is 1.99. The average Bonchev–Trinajstić information content (AvgIpc) is 2.52. The molecule has 7 heteroatoms. The van der Waals surface area contributed by atoms with Crippen molar-refractivity contribution < 1.29 is 14.2 Å². The van der Waals surface area contributed by atoms with Crippen molar-refractivity contribution in [3.63, 3.8) is 0 Å². The molecule has 0 bridgehead atoms. The smallest absolute Gasteiger partial charge is 0.229 e. The third kappa shape index (κ3) is 3.66. The van der Waals surface area contributed by atoms with Gasteiger partial charge in [0.2, 0.25) is 17.7 Å². The van der Waals surface area contributed by atoms with Gasteiger partial charge in [0.15, 0.2) is 0 Å². The van der Waals surface area contributed by atoms with Crippen molar-refractivity contribution in [2.75, 3.05) is 26.6 Å². The van der Waals surface area contributed by atoms with Gasteiger partial charge in [0.25, 0.3) is 0 Å². The summed E-state index contributed by atoms with van der Waals surface area (Å²) in [5.41, 5.74) is 0.826. The fourth-order valence-electron chi connectivity index (χ4n) is 1.76. The molecular weight excluding hydrogens is 294 g/mol. The van der Waals surface area contributed by atoms with Crippen LogP contribution in [0.1, 0.15) is 5.56 Å². The van der Waals surface area contributed by atoms with Crippen LogP contribution in [0.15, 0.2) is 24.3 Å². The Hall–Kier alpha value is -2.21. The number of hydrogen-bond donors (Lipinski definition) is 1. The topological polar surface area (TPSA) is 65.5 Å². The molecule has 0 aliphatic rings. The Morgan fingerprint density at radius 2 is 1.71 bits per heavy atom. The van der Waals surface area contributed by atoms with Crippen LogP contribution >= 0.6 is 11.6 Å². The summed E-state index contributed by atoms with van der Waals surface area (Å²) < 4.78 is 15.5. The molecule has 1 aromatic heterocycles. The Morgan fingerprint density at radius 3 is 2.29 bits per heavy atom. The maximum Gasteiger partial charge on any atom is 0.229 e. The molecule has 2 aromatic rings. The number of nitrogens with one attached hydrogen (secondary N) is 1. The van der Waals surface area contributed by atoms with E-state index in [1.807, 2.05) is 12.1 Å². The van der Waals surface area contributed by atoms with E-state index in [0.717, 1.165) is 5.56 Å². The van der Waals surface area contributed by atoms with Crippen molar-refractivity contribution in [3.8, 4) is 17.5 Å². The Kier molecular flexibility index (Phi) is 5.05. The van der Waals surface area contributed by atoms with Crippen molar-refractivity contribution in [2.24, 2.45) is 0 Å². The quantitative estimate of drug-likeness (QED) is 0.885. The van der Waals surface area contributed by atoms with Crippen LogP contribution in [0.4, 0.5) is 5.95 Å². The molecule has 2 rings (SSSR count). The van der Waals surface area contributed by atoms with E-state index in [1.165, 1.54) is 14.2 Å². The third-order valence-electron chi connectivity index (χ3n) is 2.82. The molecule has 6 nitrogen and oxygen atoms in total. The predicted molar refractivity (Wildman–Crippen MR) is 80.5 cm³/mol. The van der Waals surface area contributed by atoms with Gasteiger partial charge in [0.1, 0.15) is 5.75 Å². The number of nitrogens with zero attached hydrogens (tertiary/aromatic N) is 2. The molecule has 1 N–H and O–H groups in total. The Bertz CT molecular complexity index is 600. The van der Waals surface area contributed by atoms with Crippen LogP contribution in [-0.4, -0.2) is 31.3 Å². The van der Waals surface area contributed by atoms with Crippen LogP contribution in [0.3, 0.4) is 0 Å². The Labute approximate surface area is 128 Å². The molecule has 0 unspecified atom stereocenters. The molecule has 0 aliphatic heterocycles. The van der Waals surface area contributed by atoms with Gasteiger partial charge in [-0.1, -0.05) is 17.7 Å². The first-order valence-electron chi connectivity index (χ1n) is 6.20. The van der Waals surface area contributed by atoms with E-state index in [2.05, 4.69) is 15.3 Å². The van der Waals surface area contributed by atoms with Gasteiger partial charge in [-0.25, -0.2) is 0 Å². The molecule has 0 saturated heterocycles. The molecule has 1 heterocycles. The molecule has 0 aliphatic carbocycles.